The van der Waals surface area contributed by atoms with E-state index in [2.05, 4.69) is 57.6 Å². The zero-order valence-corrected chi connectivity index (χ0v) is 12.3. The first-order valence-electron chi connectivity index (χ1n) is 5.65. The molecule has 0 fully saturated rings. The van der Waals surface area contributed by atoms with Crippen molar-refractivity contribution in [3.05, 3.63) is 39.8 Å². The molecule has 4 heteroatoms. The lowest BCUT2D eigenvalue weighted by molar-refractivity contribution is 0.587. The van der Waals surface area contributed by atoms with Gasteiger partial charge in [0, 0.05) is 21.5 Å². The Kier molecular flexibility index (Phi) is 4.31. The van der Waals surface area contributed by atoms with Crippen LogP contribution in [-0.2, 0) is 0 Å². The van der Waals surface area contributed by atoms with Crippen molar-refractivity contribution >= 4 is 27.3 Å². The molecule has 1 heterocycles. The third-order valence-electron chi connectivity index (χ3n) is 2.55. The summed E-state index contributed by atoms with van der Waals surface area (Å²) in [4.78, 5) is 4.68. The maximum atomic E-state index is 4.68. The van der Waals surface area contributed by atoms with Crippen molar-refractivity contribution in [1.82, 2.24) is 10.3 Å². The van der Waals surface area contributed by atoms with E-state index in [9.17, 15) is 0 Å². The summed E-state index contributed by atoms with van der Waals surface area (Å²) in [6.07, 6.45) is 0. The fourth-order valence-electron chi connectivity index (χ4n) is 1.65. The second-order valence-corrected chi connectivity index (χ2v) is 5.64. The Morgan fingerprint density at radius 3 is 3.00 bits per heavy atom. The molecule has 0 radical (unpaired) electrons. The maximum absolute atomic E-state index is 4.68. The molecule has 1 aromatic carbocycles. The van der Waals surface area contributed by atoms with Crippen LogP contribution in [0.2, 0.25) is 0 Å². The largest absolute Gasteiger partial charge is 0.309 e. The molecule has 1 atom stereocenters. The van der Waals surface area contributed by atoms with Crippen LogP contribution in [0.15, 0.2) is 34.1 Å². The van der Waals surface area contributed by atoms with Crippen LogP contribution in [0.5, 0.6) is 0 Å². The van der Waals surface area contributed by atoms with Crippen LogP contribution in [0.1, 0.15) is 25.6 Å². The molecule has 0 aliphatic heterocycles. The van der Waals surface area contributed by atoms with Crippen LogP contribution < -0.4 is 5.32 Å². The number of aromatic nitrogens is 1. The number of thiazole rings is 1. The lowest BCUT2D eigenvalue weighted by Gasteiger charge is -2.08. The molecule has 90 valence electrons. The Balaban J connectivity index is 2.23. The summed E-state index contributed by atoms with van der Waals surface area (Å²) >= 11 is 5.18. The minimum absolute atomic E-state index is 0.317. The van der Waals surface area contributed by atoms with Crippen LogP contribution >= 0.6 is 27.3 Å². The summed E-state index contributed by atoms with van der Waals surface area (Å²) in [6.45, 7) is 5.21. The quantitative estimate of drug-likeness (QED) is 0.913. The first-order chi connectivity index (χ1) is 8.20. The monoisotopic (exact) mass is 310 g/mol. The standard InChI is InChI=1S/C13H15BrN2S/c1-3-15-9(2)12-8-17-13(16-12)10-5-4-6-11(14)7-10/h4-9,15H,3H2,1-2H3. The fourth-order valence-corrected chi connectivity index (χ4v) is 2.96. The molecule has 2 nitrogen and oxygen atoms in total. The first-order valence-corrected chi connectivity index (χ1v) is 7.32. The van der Waals surface area contributed by atoms with E-state index in [1.54, 1.807) is 11.3 Å². The van der Waals surface area contributed by atoms with E-state index in [1.165, 1.54) is 5.56 Å². The number of hydrogen-bond donors (Lipinski definition) is 1. The molecular formula is C13H15BrN2S. The van der Waals surface area contributed by atoms with E-state index < -0.39 is 0 Å². The van der Waals surface area contributed by atoms with Gasteiger partial charge in [0.05, 0.1) is 5.69 Å². The zero-order valence-electron chi connectivity index (χ0n) is 9.90. The molecule has 0 saturated carbocycles. The number of nitrogens with one attached hydrogen (secondary N) is 1. The summed E-state index contributed by atoms with van der Waals surface area (Å²) in [5.74, 6) is 0. The Morgan fingerprint density at radius 1 is 1.47 bits per heavy atom. The third kappa shape index (κ3) is 3.15. The van der Waals surface area contributed by atoms with Crippen LogP contribution in [0.4, 0.5) is 0 Å². The van der Waals surface area contributed by atoms with E-state index in [-0.39, 0.29) is 0 Å². The summed E-state index contributed by atoms with van der Waals surface area (Å²) in [7, 11) is 0. The minimum atomic E-state index is 0.317. The van der Waals surface area contributed by atoms with Gasteiger partial charge in [-0.1, -0.05) is 35.0 Å². The van der Waals surface area contributed by atoms with Gasteiger partial charge in [0.1, 0.15) is 5.01 Å². The molecule has 1 unspecified atom stereocenters. The van der Waals surface area contributed by atoms with Crippen molar-refractivity contribution in [2.45, 2.75) is 19.9 Å². The molecule has 0 bridgehead atoms. The van der Waals surface area contributed by atoms with Gasteiger partial charge < -0.3 is 5.32 Å². The van der Waals surface area contributed by atoms with Gasteiger partial charge in [-0.05, 0) is 25.6 Å². The highest BCUT2D eigenvalue weighted by molar-refractivity contribution is 9.10. The molecular weight excluding hydrogens is 296 g/mol. The first kappa shape index (κ1) is 12.7. The average Bonchev–Trinajstić information content (AvgIpc) is 2.78. The van der Waals surface area contributed by atoms with Gasteiger partial charge in [0.2, 0.25) is 0 Å². The van der Waals surface area contributed by atoms with Gasteiger partial charge in [-0.25, -0.2) is 4.98 Å². The predicted octanol–water partition coefficient (Wildman–Crippen LogP) is 4.24. The van der Waals surface area contributed by atoms with Crippen LogP contribution in [0.25, 0.3) is 10.6 Å². The smallest absolute Gasteiger partial charge is 0.123 e. The van der Waals surface area contributed by atoms with Gasteiger partial charge >= 0.3 is 0 Å². The molecule has 0 saturated heterocycles. The molecule has 2 rings (SSSR count). The molecule has 2 aromatic rings. The van der Waals surface area contributed by atoms with Gasteiger partial charge in [-0.2, -0.15) is 0 Å². The predicted molar refractivity (Wildman–Crippen MR) is 77.3 cm³/mol. The van der Waals surface area contributed by atoms with Crippen LogP contribution in [0.3, 0.4) is 0 Å². The van der Waals surface area contributed by atoms with Crippen molar-refractivity contribution in [2.24, 2.45) is 0 Å². The van der Waals surface area contributed by atoms with Crippen molar-refractivity contribution in [3.8, 4) is 10.6 Å². The van der Waals surface area contributed by atoms with E-state index in [0.29, 0.717) is 6.04 Å². The van der Waals surface area contributed by atoms with Crippen LogP contribution in [-0.4, -0.2) is 11.5 Å². The van der Waals surface area contributed by atoms with Gasteiger partial charge in [-0.3, -0.25) is 0 Å². The number of hydrogen-bond acceptors (Lipinski definition) is 3. The number of nitrogens with zero attached hydrogens (tertiary/aromatic N) is 1. The minimum Gasteiger partial charge on any atom is -0.309 e. The lowest BCUT2D eigenvalue weighted by atomic mass is 10.2. The summed E-state index contributed by atoms with van der Waals surface area (Å²) in [5.41, 5.74) is 2.28. The van der Waals surface area contributed by atoms with Gasteiger partial charge in [0.25, 0.3) is 0 Å². The zero-order chi connectivity index (χ0) is 12.3. The van der Waals surface area contributed by atoms with Crippen molar-refractivity contribution in [1.29, 1.82) is 0 Å². The molecule has 0 spiro atoms. The number of benzene rings is 1. The Morgan fingerprint density at radius 2 is 2.29 bits per heavy atom. The highest BCUT2D eigenvalue weighted by Crippen LogP contribution is 2.27. The van der Waals surface area contributed by atoms with E-state index in [0.717, 1.165) is 21.7 Å². The summed E-state index contributed by atoms with van der Waals surface area (Å²) in [6, 6.07) is 8.57. The van der Waals surface area contributed by atoms with Gasteiger partial charge in [0.15, 0.2) is 0 Å². The molecule has 0 amide bonds. The van der Waals surface area contributed by atoms with E-state index in [1.807, 2.05) is 12.1 Å². The Labute approximate surface area is 114 Å². The normalized spacial score (nSPS) is 12.6. The fraction of sp³-hybridized carbons (Fsp3) is 0.308. The highest BCUT2D eigenvalue weighted by Gasteiger charge is 2.10. The van der Waals surface area contributed by atoms with Crippen molar-refractivity contribution < 1.29 is 0 Å². The molecule has 0 aliphatic rings. The molecule has 17 heavy (non-hydrogen) atoms. The lowest BCUT2D eigenvalue weighted by Crippen LogP contribution is -2.17. The van der Waals surface area contributed by atoms with E-state index >= 15 is 0 Å². The molecule has 1 N–H and O–H groups in total. The second kappa shape index (κ2) is 5.76. The topological polar surface area (TPSA) is 24.9 Å². The Bertz CT molecular complexity index is 496. The second-order valence-electron chi connectivity index (χ2n) is 3.87. The van der Waals surface area contributed by atoms with Crippen LogP contribution in [0, 0.1) is 0 Å². The van der Waals surface area contributed by atoms with E-state index in [4.69, 9.17) is 0 Å². The average molecular weight is 311 g/mol. The Hall–Kier alpha value is -0.710. The summed E-state index contributed by atoms with van der Waals surface area (Å²) < 4.78 is 1.09. The third-order valence-corrected chi connectivity index (χ3v) is 3.95. The molecule has 0 aliphatic carbocycles. The molecule has 1 aromatic heterocycles. The summed E-state index contributed by atoms with van der Waals surface area (Å²) in [5, 5.41) is 6.58. The highest BCUT2D eigenvalue weighted by atomic mass is 79.9. The van der Waals surface area contributed by atoms with Crippen molar-refractivity contribution in [2.75, 3.05) is 6.54 Å². The van der Waals surface area contributed by atoms with Gasteiger partial charge in [-0.15, -0.1) is 11.3 Å². The maximum Gasteiger partial charge on any atom is 0.123 e. The number of halogens is 1. The van der Waals surface area contributed by atoms with Crippen molar-refractivity contribution in [3.63, 3.8) is 0 Å². The SMILES string of the molecule is CCNC(C)c1csc(-c2cccc(Br)c2)n1. The number of rotatable bonds is 4.